The van der Waals surface area contributed by atoms with E-state index in [0.29, 0.717) is 6.07 Å². The summed E-state index contributed by atoms with van der Waals surface area (Å²) in [5.74, 6) is -3.72. The van der Waals surface area contributed by atoms with Crippen molar-refractivity contribution in [3.63, 3.8) is 0 Å². The summed E-state index contributed by atoms with van der Waals surface area (Å²) in [5, 5.41) is 8.92. The predicted octanol–water partition coefficient (Wildman–Crippen LogP) is 1.93. The molecule has 0 atom stereocenters. The van der Waals surface area contributed by atoms with E-state index in [9.17, 15) is 19.1 Å². The van der Waals surface area contributed by atoms with Gasteiger partial charge in [-0.3, -0.25) is 4.79 Å². The Balaban J connectivity index is 3.09. The van der Waals surface area contributed by atoms with Crippen LogP contribution in [0, 0.1) is 5.82 Å². The number of carbonyl (C=O) groups excluding carboxylic acids is 2. The lowest BCUT2D eigenvalue weighted by molar-refractivity contribution is -0.137. The van der Waals surface area contributed by atoms with E-state index in [1.807, 2.05) is 0 Å². The fraction of sp³-hybridized carbons (Fsp3) is 0.200. The van der Waals surface area contributed by atoms with E-state index < -0.39 is 23.3 Å². The van der Waals surface area contributed by atoms with Gasteiger partial charge in [0.2, 0.25) is 0 Å². The minimum absolute atomic E-state index is 0.0280. The normalized spacial score (nSPS) is 9.94. The van der Waals surface area contributed by atoms with Crippen molar-refractivity contribution < 1.29 is 23.8 Å². The van der Waals surface area contributed by atoms with Crippen molar-refractivity contribution in [2.45, 2.75) is 6.92 Å². The molecule has 0 saturated carbocycles. The summed E-state index contributed by atoms with van der Waals surface area (Å²) in [5.41, 5.74) is -0.384. The van der Waals surface area contributed by atoms with Gasteiger partial charge in [0.05, 0.1) is 17.2 Å². The number of carbonyl (C=O) groups is 2. The lowest BCUT2D eigenvalue weighted by Crippen LogP contribution is -2.17. The first-order valence-electron chi connectivity index (χ1n) is 4.36. The SMILES string of the molecule is CCOC(=O)C(=O)c1cc(Cl)c(F)cc1O. The van der Waals surface area contributed by atoms with E-state index in [2.05, 4.69) is 4.74 Å². The maximum absolute atomic E-state index is 12.9. The third-order valence-electron chi connectivity index (χ3n) is 1.74. The zero-order chi connectivity index (χ0) is 12.3. The van der Waals surface area contributed by atoms with E-state index in [0.717, 1.165) is 6.07 Å². The number of benzene rings is 1. The zero-order valence-corrected chi connectivity index (χ0v) is 9.05. The molecule has 0 aliphatic rings. The van der Waals surface area contributed by atoms with Gasteiger partial charge in [-0.1, -0.05) is 11.6 Å². The fourth-order valence-electron chi connectivity index (χ4n) is 1.02. The Morgan fingerprint density at radius 3 is 2.69 bits per heavy atom. The number of ether oxygens (including phenoxy) is 1. The quantitative estimate of drug-likeness (QED) is 0.503. The molecule has 1 rings (SSSR count). The first-order chi connectivity index (χ1) is 7.47. The molecule has 0 spiro atoms. The number of hydrogen-bond acceptors (Lipinski definition) is 4. The second-order valence-electron chi connectivity index (χ2n) is 2.83. The number of hydrogen-bond donors (Lipinski definition) is 1. The highest BCUT2D eigenvalue weighted by Gasteiger charge is 2.22. The van der Waals surface area contributed by atoms with Crippen molar-refractivity contribution >= 4 is 23.4 Å². The molecule has 0 saturated heterocycles. The fourth-order valence-corrected chi connectivity index (χ4v) is 1.19. The molecule has 86 valence electrons. The van der Waals surface area contributed by atoms with Gasteiger partial charge in [-0.15, -0.1) is 0 Å². The minimum Gasteiger partial charge on any atom is -0.507 e. The predicted molar refractivity (Wildman–Crippen MR) is 54.0 cm³/mol. The Hall–Kier alpha value is -1.62. The van der Waals surface area contributed by atoms with Gasteiger partial charge >= 0.3 is 5.97 Å². The molecular formula is C10H8ClFO4. The van der Waals surface area contributed by atoms with Crippen LogP contribution in [0.3, 0.4) is 0 Å². The highest BCUT2D eigenvalue weighted by Crippen LogP contribution is 2.25. The average Bonchev–Trinajstić information content (AvgIpc) is 2.23. The monoisotopic (exact) mass is 246 g/mol. The van der Waals surface area contributed by atoms with Crippen molar-refractivity contribution in [1.29, 1.82) is 0 Å². The first-order valence-corrected chi connectivity index (χ1v) is 4.74. The van der Waals surface area contributed by atoms with Gasteiger partial charge < -0.3 is 9.84 Å². The van der Waals surface area contributed by atoms with E-state index in [-0.39, 0.29) is 17.2 Å². The first kappa shape index (κ1) is 12.4. The second-order valence-corrected chi connectivity index (χ2v) is 3.24. The largest absolute Gasteiger partial charge is 0.507 e. The third kappa shape index (κ3) is 2.49. The molecule has 0 unspecified atom stereocenters. The van der Waals surface area contributed by atoms with Crippen LogP contribution in [0.4, 0.5) is 4.39 Å². The lowest BCUT2D eigenvalue weighted by atomic mass is 10.1. The number of Topliss-reactive ketones (excluding diaryl/α,β-unsaturated/α-hetero) is 1. The molecule has 0 fully saturated rings. The Bertz CT molecular complexity index is 445. The molecule has 1 aromatic rings. The summed E-state index contributed by atoms with van der Waals surface area (Å²) in [6.07, 6.45) is 0. The van der Waals surface area contributed by atoms with Crippen LogP contribution in [0.2, 0.25) is 5.02 Å². The number of rotatable bonds is 3. The van der Waals surface area contributed by atoms with Crippen LogP contribution in [0.5, 0.6) is 5.75 Å². The van der Waals surface area contributed by atoms with Crippen molar-refractivity contribution in [2.75, 3.05) is 6.61 Å². The number of halogens is 2. The van der Waals surface area contributed by atoms with Crippen molar-refractivity contribution in [2.24, 2.45) is 0 Å². The maximum atomic E-state index is 12.9. The molecule has 4 nitrogen and oxygen atoms in total. The molecule has 1 aromatic carbocycles. The molecule has 0 radical (unpaired) electrons. The summed E-state index contributed by atoms with van der Waals surface area (Å²) in [7, 11) is 0. The maximum Gasteiger partial charge on any atom is 0.379 e. The number of ketones is 1. The molecule has 0 aliphatic carbocycles. The van der Waals surface area contributed by atoms with Crippen LogP contribution in [0.15, 0.2) is 12.1 Å². The van der Waals surface area contributed by atoms with Gasteiger partial charge in [-0.05, 0) is 13.0 Å². The van der Waals surface area contributed by atoms with Gasteiger partial charge in [-0.2, -0.15) is 0 Å². The summed E-state index contributed by atoms with van der Waals surface area (Å²) < 4.78 is 17.3. The van der Waals surface area contributed by atoms with Crippen molar-refractivity contribution in [1.82, 2.24) is 0 Å². The number of phenols is 1. The zero-order valence-electron chi connectivity index (χ0n) is 8.29. The molecule has 6 heteroatoms. The van der Waals surface area contributed by atoms with E-state index in [4.69, 9.17) is 11.6 Å². The topological polar surface area (TPSA) is 63.6 Å². The summed E-state index contributed by atoms with van der Waals surface area (Å²) in [6.45, 7) is 1.56. The summed E-state index contributed by atoms with van der Waals surface area (Å²) in [4.78, 5) is 22.5. The average molecular weight is 247 g/mol. The molecule has 0 bridgehead atoms. The van der Waals surface area contributed by atoms with Gasteiger partial charge in [0.1, 0.15) is 11.6 Å². The van der Waals surface area contributed by atoms with Crippen LogP contribution in [-0.4, -0.2) is 23.5 Å². The molecule has 16 heavy (non-hydrogen) atoms. The van der Waals surface area contributed by atoms with Gasteiger partial charge in [0.15, 0.2) is 0 Å². The highest BCUT2D eigenvalue weighted by atomic mass is 35.5. The summed E-state index contributed by atoms with van der Waals surface area (Å²) in [6, 6.07) is 1.54. The minimum atomic E-state index is -1.12. The van der Waals surface area contributed by atoms with Gasteiger partial charge in [-0.25, -0.2) is 9.18 Å². The smallest absolute Gasteiger partial charge is 0.379 e. The van der Waals surface area contributed by atoms with E-state index in [1.165, 1.54) is 6.92 Å². The molecular weight excluding hydrogens is 239 g/mol. The van der Waals surface area contributed by atoms with Crippen molar-refractivity contribution in [3.8, 4) is 5.75 Å². The molecule has 0 amide bonds. The Morgan fingerprint density at radius 2 is 2.12 bits per heavy atom. The molecule has 0 aromatic heterocycles. The van der Waals surface area contributed by atoms with Crippen LogP contribution in [-0.2, 0) is 9.53 Å². The standard InChI is InChI=1S/C10H8ClFO4/c1-2-16-10(15)9(14)5-3-6(11)7(12)4-8(5)13/h3-4,13H,2H2,1H3. The molecule has 0 aliphatic heterocycles. The van der Waals surface area contributed by atoms with Crippen LogP contribution in [0.1, 0.15) is 17.3 Å². The van der Waals surface area contributed by atoms with Gasteiger partial charge in [0, 0.05) is 6.07 Å². The number of phenolic OH excluding ortho intramolecular Hbond substituents is 1. The Labute approximate surface area is 95.6 Å². The second kappa shape index (κ2) is 4.94. The Kier molecular flexibility index (Phi) is 3.84. The lowest BCUT2D eigenvalue weighted by Gasteiger charge is -2.04. The van der Waals surface area contributed by atoms with Crippen LogP contribution >= 0.6 is 11.6 Å². The summed E-state index contributed by atoms with van der Waals surface area (Å²) >= 11 is 5.42. The third-order valence-corrected chi connectivity index (χ3v) is 2.03. The number of esters is 1. The molecule has 0 heterocycles. The number of aromatic hydroxyl groups is 1. The van der Waals surface area contributed by atoms with Crippen LogP contribution < -0.4 is 0 Å². The van der Waals surface area contributed by atoms with Crippen LogP contribution in [0.25, 0.3) is 0 Å². The van der Waals surface area contributed by atoms with E-state index in [1.54, 1.807) is 0 Å². The van der Waals surface area contributed by atoms with E-state index >= 15 is 0 Å². The Morgan fingerprint density at radius 1 is 1.50 bits per heavy atom. The van der Waals surface area contributed by atoms with Gasteiger partial charge in [0.25, 0.3) is 5.78 Å². The molecule has 1 N–H and O–H groups in total. The van der Waals surface area contributed by atoms with Crippen molar-refractivity contribution in [3.05, 3.63) is 28.5 Å². The highest BCUT2D eigenvalue weighted by molar-refractivity contribution is 6.42.